The maximum absolute atomic E-state index is 12.4. The van der Waals surface area contributed by atoms with Gasteiger partial charge in [0, 0.05) is 0 Å². The Morgan fingerprint density at radius 3 is 2.61 bits per heavy atom. The lowest BCUT2D eigenvalue weighted by Gasteiger charge is -2.21. The Morgan fingerprint density at radius 2 is 2.07 bits per heavy atom. The fourth-order valence-corrected chi connectivity index (χ4v) is 4.58. The summed E-state index contributed by atoms with van der Waals surface area (Å²) >= 11 is 7.29. The van der Waals surface area contributed by atoms with E-state index in [1.165, 1.54) is 11.3 Å². The third-order valence-electron chi connectivity index (χ3n) is 4.94. The monoisotopic (exact) mass is 425 g/mol. The first-order valence-electron chi connectivity index (χ1n) is 8.73. The molecule has 1 heterocycles. The van der Waals surface area contributed by atoms with Gasteiger partial charge in [-0.05, 0) is 30.4 Å². The van der Waals surface area contributed by atoms with Crippen molar-refractivity contribution in [2.45, 2.75) is 38.3 Å². The quantitative estimate of drug-likeness (QED) is 0.511. The minimum Gasteiger partial charge on any atom is -0.480 e. The number of nitrogens with zero attached hydrogens (tertiary/aromatic N) is 1. The number of carboxylic acid groups (broad SMARTS) is 2. The molecule has 2 unspecified atom stereocenters. The lowest BCUT2D eigenvalue weighted by atomic mass is 10.0. The van der Waals surface area contributed by atoms with E-state index in [-0.39, 0.29) is 11.8 Å². The van der Waals surface area contributed by atoms with Gasteiger partial charge < -0.3 is 15.5 Å². The Balaban J connectivity index is 1.70. The van der Waals surface area contributed by atoms with E-state index in [0.717, 1.165) is 4.70 Å². The van der Waals surface area contributed by atoms with Crippen LogP contribution in [0.4, 0.5) is 5.13 Å². The minimum absolute atomic E-state index is 0.0827. The molecule has 4 N–H and O–H groups in total. The van der Waals surface area contributed by atoms with Crippen molar-refractivity contribution in [1.29, 1.82) is 0 Å². The second-order valence-corrected chi connectivity index (χ2v) is 8.66. The number of amides is 1. The zero-order chi connectivity index (χ0) is 20.6. The van der Waals surface area contributed by atoms with Crippen molar-refractivity contribution < 1.29 is 24.6 Å². The molecule has 1 aromatic heterocycles. The van der Waals surface area contributed by atoms with E-state index in [9.17, 15) is 24.6 Å². The molecule has 1 fully saturated rings. The Hall–Kier alpha value is -2.23. The average Bonchev–Trinajstić information content (AvgIpc) is 3.20. The standard InChI is InChI=1S/C18H20ClN3O5S/c1-8(2)9-7-18(9,16(26)27)22-11(15(24)25)6-13(23)20-17-21-14-10(19)4-3-5-12(14)28-17/h3-5,8-9,11,22H,6-7H2,1-2H3,(H,24,25)(H,26,27)(H,20,21,23)/t9?,11-,18?/m0/s1. The van der Waals surface area contributed by atoms with Crippen LogP contribution in [0, 0.1) is 11.8 Å². The molecule has 1 aliphatic rings. The van der Waals surface area contributed by atoms with Crippen molar-refractivity contribution in [3.8, 4) is 0 Å². The molecular weight excluding hydrogens is 406 g/mol. The highest BCUT2D eigenvalue weighted by molar-refractivity contribution is 7.22. The smallest absolute Gasteiger partial charge is 0.324 e. The van der Waals surface area contributed by atoms with Crippen LogP contribution in [0.15, 0.2) is 18.2 Å². The number of carboxylic acids is 2. The number of carbonyl (C=O) groups is 3. The first-order chi connectivity index (χ1) is 13.1. The highest BCUT2D eigenvalue weighted by atomic mass is 35.5. The summed E-state index contributed by atoms with van der Waals surface area (Å²) in [5.74, 6) is -3.05. The van der Waals surface area contributed by atoms with Crippen LogP contribution < -0.4 is 10.6 Å². The van der Waals surface area contributed by atoms with Crippen molar-refractivity contribution in [3.63, 3.8) is 0 Å². The molecule has 3 atom stereocenters. The van der Waals surface area contributed by atoms with Gasteiger partial charge in [0.15, 0.2) is 5.13 Å². The molecule has 3 rings (SSSR count). The van der Waals surface area contributed by atoms with Gasteiger partial charge in [0.2, 0.25) is 5.91 Å². The predicted octanol–water partition coefficient (Wildman–Crippen LogP) is 2.82. The summed E-state index contributed by atoms with van der Waals surface area (Å²) in [5.41, 5.74) is -0.749. The van der Waals surface area contributed by atoms with Gasteiger partial charge in [-0.1, -0.05) is 42.9 Å². The number of benzene rings is 1. The van der Waals surface area contributed by atoms with E-state index < -0.39 is 35.8 Å². The Bertz CT molecular complexity index is 946. The predicted molar refractivity (Wildman–Crippen MR) is 106 cm³/mol. The molecule has 1 saturated carbocycles. The fourth-order valence-electron chi connectivity index (χ4n) is 3.40. The van der Waals surface area contributed by atoms with Crippen molar-refractivity contribution in [2.24, 2.45) is 11.8 Å². The largest absolute Gasteiger partial charge is 0.480 e. The van der Waals surface area contributed by atoms with E-state index in [1.807, 2.05) is 19.9 Å². The molecule has 28 heavy (non-hydrogen) atoms. The zero-order valence-corrected chi connectivity index (χ0v) is 16.8. The maximum atomic E-state index is 12.4. The number of fused-ring (bicyclic) bond motifs is 1. The van der Waals surface area contributed by atoms with Gasteiger partial charge in [0.1, 0.15) is 17.1 Å². The van der Waals surface area contributed by atoms with E-state index in [2.05, 4.69) is 15.6 Å². The lowest BCUT2D eigenvalue weighted by molar-refractivity contribution is -0.145. The van der Waals surface area contributed by atoms with Crippen LogP contribution in [0.1, 0.15) is 26.7 Å². The van der Waals surface area contributed by atoms with Crippen LogP contribution in [0.25, 0.3) is 10.2 Å². The third-order valence-corrected chi connectivity index (χ3v) is 6.18. The number of para-hydroxylation sites is 1. The number of carbonyl (C=O) groups excluding carboxylic acids is 1. The van der Waals surface area contributed by atoms with E-state index in [1.54, 1.807) is 12.1 Å². The normalized spacial score (nSPS) is 22.2. The minimum atomic E-state index is -1.32. The molecule has 8 nitrogen and oxygen atoms in total. The molecule has 1 amide bonds. The first-order valence-corrected chi connectivity index (χ1v) is 9.92. The maximum Gasteiger partial charge on any atom is 0.324 e. The summed E-state index contributed by atoms with van der Waals surface area (Å²) in [6, 6.07) is 3.94. The molecule has 1 aliphatic carbocycles. The van der Waals surface area contributed by atoms with E-state index in [4.69, 9.17) is 11.6 Å². The number of halogens is 1. The number of aromatic nitrogens is 1. The number of nitrogens with one attached hydrogen (secondary N) is 2. The van der Waals surface area contributed by atoms with Crippen LogP contribution in [0.3, 0.4) is 0 Å². The molecule has 2 aromatic rings. The average molecular weight is 426 g/mol. The molecule has 150 valence electrons. The van der Waals surface area contributed by atoms with Gasteiger partial charge in [0.25, 0.3) is 0 Å². The molecule has 0 spiro atoms. The Kier molecular flexibility index (Phi) is 5.60. The molecule has 0 aliphatic heterocycles. The van der Waals surface area contributed by atoms with Gasteiger partial charge in [-0.3, -0.25) is 19.7 Å². The summed E-state index contributed by atoms with van der Waals surface area (Å²) < 4.78 is 0.790. The number of hydrogen-bond acceptors (Lipinski definition) is 6. The van der Waals surface area contributed by atoms with Crippen LogP contribution in [-0.4, -0.2) is 44.6 Å². The van der Waals surface area contributed by atoms with E-state index >= 15 is 0 Å². The van der Waals surface area contributed by atoms with Gasteiger partial charge in [-0.2, -0.15) is 0 Å². The number of thiazole rings is 1. The Morgan fingerprint density at radius 1 is 1.36 bits per heavy atom. The lowest BCUT2D eigenvalue weighted by Crippen LogP contribution is -2.52. The summed E-state index contributed by atoms with van der Waals surface area (Å²) in [7, 11) is 0. The zero-order valence-electron chi connectivity index (χ0n) is 15.2. The van der Waals surface area contributed by atoms with Crippen molar-refractivity contribution in [2.75, 3.05) is 5.32 Å². The van der Waals surface area contributed by atoms with Gasteiger partial charge in [-0.25, -0.2) is 4.98 Å². The van der Waals surface area contributed by atoms with Gasteiger partial charge in [0.05, 0.1) is 16.1 Å². The summed E-state index contributed by atoms with van der Waals surface area (Å²) in [4.78, 5) is 39.9. The van der Waals surface area contributed by atoms with Gasteiger partial charge >= 0.3 is 11.9 Å². The highest BCUT2D eigenvalue weighted by Gasteiger charge is 2.62. The van der Waals surface area contributed by atoms with Crippen molar-refractivity contribution in [3.05, 3.63) is 23.2 Å². The highest BCUT2D eigenvalue weighted by Crippen LogP contribution is 2.49. The molecule has 0 saturated heterocycles. The van der Waals surface area contributed by atoms with Gasteiger partial charge in [-0.15, -0.1) is 0 Å². The van der Waals surface area contributed by atoms with Crippen molar-refractivity contribution in [1.82, 2.24) is 10.3 Å². The molecular formula is C18H20ClN3O5S. The van der Waals surface area contributed by atoms with E-state index in [0.29, 0.717) is 22.1 Å². The van der Waals surface area contributed by atoms with Crippen LogP contribution in [0.5, 0.6) is 0 Å². The second kappa shape index (κ2) is 7.65. The third kappa shape index (κ3) is 3.96. The second-order valence-electron chi connectivity index (χ2n) is 7.22. The van der Waals surface area contributed by atoms with Crippen LogP contribution in [0.2, 0.25) is 5.02 Å². The Labute approximate surface area is 169 Å². The molecule has 0 radical (unpaired) electrons. The van der Waals surface area contributed by atoms with Crippen molar-refractivity contribution >= 4 is 56.1 Å². The topological polar surface area (TPSA) is 129 Å². The molecule has 0 bridgehead atoms. The number of aliphatic carboxylic acids is 2. The summed E-state index contributed by atoms with van der Waals surface area (Å²) in [5, 5.41) is 25.0. The fraction of sp³-hybridized carbons (Fsp3) is 0.444. The molecule has 10 heteroatoms. The first kappa shape index (κ1) is 20.5. The molecule has 1 aromatic carbocycles. The summed E-state index contributed by atoms with van der Waals surface area (Å²) in [6.45, 7) is 3.77. The SMILES string of the molecule is CC(C)C1CC1(N[C@@H](CC(=O)Nc1nc2c(Cl)cccc2s1)C(=O)O)C(=O)O. The summed E-state index contributed by atoms with van der Waals surface area (Å²) in [6.07, 6.45) is -0.0827. The van der Waals surface area contributed by atoms with Crippen LogP contribution in [-0.2, 0) is 14.4 Å². The number of anilines is 1. The number of hydrogen-bond donors (Lipinski definition) is 4. The number of rotatable bonds is 8. The van der Waals surface area contributed by atoms with Crippen LogP contribution >= 0.6 is 22.9 Å².